The maximum atomic E-state index is 11.8. The van der Waals surface area contributed by atoms with Gasteiger partial charge in [0, 0.05) is 25.1 Å². The summed E-state index contributed by atoms with van der Waals surface area (Å²) in [5, 5.41) is 22.1. The number of hydrogen-bond donors (Lipinski definition) is 2. The molecule has 23 heavy (non-hydrogen) atoms. The Bertz CT molecular complexity index is 645. The molecule has 0 radical (unpaired) electrons. The molecule has 1 atom stereocenters. The predicted octanol–water partition coefficient (Wildman–Crippen LogP) is 0.469. The van der Waals surface area contributed by atoms with Gasteiger partial charge >= 0.3 is 5.97 Å². The minimum atomic E-state index is -1.13. The van der Waals surface area contributed by atoms with Crippen molar-refractivity contribution in [2.75, 3.05) is 12.0 Å². The molecule has 0 aromatic carbocycles. The summed E-state index contributed by atoms with van der Waals surface area (Å²) in [5.41, 5.74) is -0.728. The number of thioether (sulfide) groups is 1. The van der Waals surface area contributed by atoms with Crippen LogP contribution < -0.4 is 10.9 Å². The Hall–Kier alpha value is -2.36. The maximum Gasteiger partial charge on any atom is 0.326 e. The second kappa shape index (κ2) is 8.93. The Kier molecular flexibility index (Phi) is 7.26. The van der Waals surface area contributed by atoms with Crippen LogP contribution in [0.5, 0.6) is 0 Å². The zero-order valence-electron chi connectivity index (χ0n) is 12.4. The highest BCUT2D eigenvalue weighted by atomic mass is 32.2. The Balaban J connectivity index is 2.65. The molecule has 0 fully saturated rings. The average Bonchev–Trinajstić information content (AvgIpc) is 2.50. The molecule has 0 aliphatic heterocycles. The number of carbonyl (C=O) groups excluding carboxylic acids is 1. The van der Waals surface area contributed by atoms with E-state index in [0.717, 1.165) is 22.9 Å². The topological polar surface area (TPSA) is 132 Å². The van der Waals surface area contributed by atoms with Gasteiger partial charge in [0.15, 0.2) is 0 Å². The van der Waals surface area contributed by atoms with Gasteiger partial charge < -0.3 is 15.0 Å². The van der Waals surface area contributed by atoms with E-state index in [0.29, 0.717) is 12.2 Å². The van der Waals surface area contributed by atoms with Crippen LogP contribution in [0.2, 0.25) is 0 Å². The highest BCUT2D eigenvalue weighted by Crippen LogP contribution is 2.07. The second-order valence-corrected chi connectivity index (χ2v) is 5.65. The van der Waals surface area contributed by atoms with E-state index in [9.17, 15) is 24.5 Å². The van der Waals surface area contributed by atoms with Crippen LogP contribution in [0.3, 0.4) is 0 Å². The first-order valence-corrected chi connectivity index (χ1v) is 8.10. The highest BCUT2D eigenvalue weighted by Gasteiger charge is 2.19. The third-order valence-electron chi connectivity index (χ3n) is 3.00. The largest absolute Gasteiger partial charge is 0.480 e. The van der Waals surface area contributed by atoms with E-state index in [2.05, 4.69) is 5.32 Å². The fourth-order valence-corrected chi connectivity index (χ4v) is 2.25. The zero-order valence-corrected chi connectivity index (χ0v) is 13.2. The highest BCUT2D eigenvalue weighted by molar-refractivity contribution is 7.98. The first kappa shape index (κ1) is 18.7. The zero-order chi connectivity index (χ0) is 17.4. The normalized spacial score (nSPS) is 11.7. The number of aryl methyl sites for hydroxylation is 1. The van der Waals surface area contributed by atoms with Gasteiger partial charge in [-0.15, -0.1) is 0 Å². The average molecular weight is 343 g/mol. The number of aromatic nitrogens is 1. The lowest BCUT2D eigenvalue weighted by molar-refractivity contribution is -0.385. The molecule has 1 aromatic rings. The Morgan fingerprint density at radius 2 is 2.17 bits per heavy atom. The summed E-state index contributed by atoms with van der Waals surface area (Å²) in [6.07, 6.45) is 3.02. The van der Waals surface area contributed by atoms with Gasteiger partial charge in [-0.25, -0.2) is 4.79 Å². The van der Waals surface area contributed by atoms with Crippen molar-refractivity contribution >= 4 is 29.3 Å². The van der Waals surface area contributed by atoms with Crippen molar-refractivity contribution in [3.05, 3.63) is 38.8 Å². The number of nitro groups is 1. The third-order valence-corrected chi connectivity index (χ3v) is 3.65. The van der Waals surface area contributed by atoms with Gasteiger partial charge in [0.1, 0.15) is 6.04 Å². The molecule has 0 spiro atoms. The number of rotatable bonds is 9. The van der Waals surface area contributed by atoms with Gasteiger partial charge in [-0.2, -0.15) is 11.8 Å². The van der Waals surface area contributed by atoms with Crippen LogP contribution in [0.1, 0.15) is 12.8 Å². The van der Waals surface area contributed by atoms with E-state index < -0.39 is 28.4 Å². The summed E-state index contributed by atoms with van der Waals surface area (Å²) < 4.78 is 1.05. The van der Waals surface area contributed by atoms with Crippen LogP contribution in [0.25, 0.3) is 0 Å². The Labute approximate surface area is 135 Å². The first-order valence-electron chi connectivity index (χ1n) is 6.71. The minimum Gasteiger partial charge on any atom is -0.480 e. The second-order valence-electron chi connectivity index (χ2n) is 4.67. The Morgan fingerprint density at radius 1 is 1.48 bits per heavy atom. The molecule has 1 heterocycles. The maximum absolute atomic E-state index is 11.8. The van der Waals surface area contributed by atoms with Gasteiger partial charge in [0.05, 0.1) is 11.1 Å². The van der Waals surface area contributed by atoms with Crippen molar-refractivity contribution in [1.82, 2.24) is 9.88 Å². The van der Waals surface area contributed by atoms with Crippen molar-refractivity contribution in [2.24, 2.45) is 0 Å². The van der Waals surface area contributed by atoms with Gasteiger partial charge in [-0.3, -0.25) is 19.7 Å². The lowest BCUT2D eigenvalue weighted by atomic mass is 10.2. The van der Waals surface area contributed by atoms with Crippen LogP contribution in [-0.4, -0.2) is 44.5 Å². The summed E-state index contributed by atoms with van der Waals surface area (Å²) in [4.78, 5) is 44.4. The number of carboxylic acids is 1. The van der Waals surface area contributed by atoms with Gasteiger partial charge in [-0.05, 0) is 18.4 Å². The van der Waals surface area contributed by atoms with Crippen LogP contribution >= 0.6 is 11.8 Å². The van der Waals surface area contributed by atoms with E-state index in [1.165, 1.54) is 11.8 Å². The summed E-state index contributed by atoms with van der Waals surface area (Å²) in [6, 6.07) is 1.15. The fraction of sp³-hybridized carbons (Fsp3) is 0.462. The molecular weight excluding hydrogens is 326 g/mol. The van der Waals surface area contributed by atoms with Crippen molar-refractivity contribution in [3.8, 4) is 0 Å². The van der Waals surface area contributed by atoms with Gasteiger partial charge in [0.2, 0.25) is 5.91 Å². The molecule has 0 saturated carbocycles. The van der Waals surface area contributed by atoms with Crippen LogP contribution in [-0.2, 0) is 16.1 Å². The molecule has 1 amide bonds. The van der Waals surface area contributed by atoms with Crippen molar-refractivity contribution in [2.45, 2.75) is 25.4 Å². The van der Waals surface area contributed by atoms with E-state index in [-0.39, 0.29) is 18.7 Å². The molecule has 10 heteroatoms. The van der Waals surface area contributed by atoms with E-state index in [1.54, 1.807) is 0 Å². The van der Waals surface area contributed by atoms with Crippen molar-refractivity contribution in [1.29, 1.82) is 0 Å². The summed E-state index contributed by atoms with van der Waals surface area (Å²) in [5.74, 6) is -1.07. The van der Waals surface area contributed by atoms with Crippen LogP contribution in [0.4, 0.5) is 5.69 Å². The number of carboxylic acid groups (broad SMARTS) is 1. The molecule has 0 aliphatic carbocycles. The molecule has 1 rings (SSSR count). The number of amides is 1. The summed E-state index contributed by atoms with van der Waals surface area (Å²) >= 11 is 1.47. The molecule has 126 valence electrons. The SMILES string of the molecule is CSCCC(NC(=O)CCn1cc([N+](=O)[O-])ccc1=O)C(=O)O. The molecular formula is C13H17N3O6S. The first-order chi connectivity index (χ1) is 10.8. The van der Waals surface area contributed by atoms with E-state index in [1.807, 2.05) is 6.26 Å². The van der Waals surface area contributed by atoms with Crippen molar-refractivity contribution < 1.29 is 19.6 Å². The Morgan fingerprint density at radius 3 is 2.74 bits per heavy atom. The predicted molar refractivity (Wildman–Crippen MR) is 84.5 cm³/mol. The standard InChI is InChI=1S/C13H17N3O6S/c1-23-7-5-10(13(19)20)14-11(17)4-6-15-8-9(16(21)22)2-3-12(15)18/h2-3,8,10H,4-7H2,1H3,(H,14,17)(H,19,20). The molecule has 9 nitrogen and oxygen atoms in total. The number of pyridine rings is 1. The lowest BCUT2D eigenvalue weighted by Gasteiger charge is -2.14. The smallest absolute Gasteiger partial charge is 0.326 e. The minimum absolute atomic E-state index is 0.0682. The van der Waals surface area contributed by atoms with Gasteiger partial charge in [-0.1, -0.05) is 0 Å². The van der Waals surface area contributed by atoms with Crippen LogP contribution in [0.15, 0.2) is 23.1 Å². The fourth-order valence-electron chi connectivity index (χ4n) is 1.78. The summed E-state index contributed by atoms with van der Waals surface area (Å²) in [6.45, 7) is -0.0682. The quantitative estimate of drug-likeness (QED) is 0.492. The number of carbonyl (C=O) groups is 2. The molecule has 1 aromatic heterocycles. The number of hydrogen-bond acceptors (Lipinski definition) is 6. The van der Waals surface area contributed by atoms with Crippen LogP contribution in [0, 0.1) is 10.1 Å². The van der Waals surface area contributed by atoms with Gasteiger partial charge in [0.25, 0.3) is 11.2 Å². The monoisotopic (exact) mass is 343 g/mol. The number of nitrogens with one attached hydrogen (secondary N) is 1. The van der Waals surface area contributed by atoms with Crippen molar-refractivity contribution in [3.63, 3.8) is 0 Å². The third kappa shape index (κ3) is 6.10. The molecule has 0 aliphatic rings. The number of aliphatic carboxylic acids is 1. The van der Waals surface area contributed by atoms with E-state index in [4.69, 9.17) is 5.11 Å². The molecule has 2 N–H and O–H groups in total. The molecule has 0 saturated heterocycles. The molecule has 0 bridgehead atoms. The molecule has 1 unspecified atom stereocenters. The van der Waals surface area contributed by atoms with E-state index >= 15 is 0 Å². The summed E-state index contributed by atoms with van der Waals surface area (Å²) in [7, 11) is 0. The number of nitrogens with zero attached hydrogens (tertiary/aromatic N) is 2. The lowest BCUT2D eigenvalue weighted by Crippen LogP contribution is -2.41.